The third-order valence-electron chi connectivity index (χ3n) is 3.34. The van der Waals surface area contributed by atoms with Crippen LogP contribution in [0.25, 0.3) is 0 Å². The fourth-order valence-corrected chi connectivity index (χ4v) is 2.10. The van der Waals surface area contributed by atoms with E-state index >= 15 is 0 Å². The van der Waals surface area contributed by atoms with Crippen LogP contribution in [0.2, 0.25) is 0 Å². The van der Waals surface area contributed by atoms with Crippen LogP contribution in [0.1, 0.15) is 11.7 Å². The Morgan fingerprint density at radius 3 is 2.09 bits per heavy atom. The number of para-hydroxylation sites is 2. The Hall–Kier alpha value is -2.24. The van der Waals surface area contributed by atoms with E-state index in [0.29, 0.717) is 22.8 Å². The maximum absolute atomic E-state index is 10.4. The average Bonchev–Trinajstić information content (AvgIpc) is 2.59. The van der Waals surface area contributed by atoms with Gasteiger partial charge < -0.3 is 24.4 Å². The number of methoxy groups -OCH3 is 2. The normalized spacial score (nSPS) is 13.3. The highest BCUT2D eigenvalue weighted by molar-refractivity contribution is 5.39. The molecule has 0 aliphatic heterocycles. The molecule has 5 nitrogen and oxygen atoms in total. The van der Waals surface area contributed by atoms with E-state index in [4.69, 9.17) is 14.2 Å². The number of benzene rings is 2. The summed E-state index contributed by atoms with van der Waals surface area (Å²) >= 11 is 0. The molecule has 0 aliphatic carbocycles. The van der Waals surface area contributed by atoms with Gasteiger partial charge in [-0.1, -0.05) is 24.3 Å². The minimum Gasteiger partial charge on any atom is -0.497 e. The Morgan fingerprint density at radius 2 is 1.55 bits per heavy atom. The molecule has 0 amide bonds. The first-order valence-corrected chi connectivity index (χ1v) is 6.92. The number of hydrogen-bond donors (Lipinski definition) is 2. The smallest absolute Gasteiger partial charge is 0.161 e. The molecule has 0 heterocycles. The fourth-order valence-electron chi connectivity index (χ4n) is 2.10. The van der Waals surface area contributed by atoms with E-state index in [2.05, 4.69) is 0 Å². The van der Waals surface area contributed by atoms with Gasteiger partial charge >= 0.3 is 0 Å². The van der Waals surface area contributed by atoms with E-state index in [0.717, 1.165) is 0 Å². The average molecular weight is 304 g/mol. The van der Waals surface area contributed by atoms with Gasteiger partial charge in [-0.05, 0) is 29.8 Å². The summed E-state index contributed by atoms with van der Waals surface area (Å²) in [6.45, 7) is -0.328. The molecule has 2 atom stereocenters. The van der Waals surface area contributed by atoms with E-state index in [1.807, 2.05) is 6.07 Å². The standard InChI is InChI=1S/C17H20O5/c1-20-13-9-7-12(8-10-13)17(19)16(11-18)22-15-6-4-3-5-14(15)21-2/h3-10,16-19H,11H2,1-2H3/t16-,17-/m1/s1. The van der Waals surface area contributed by atoms with Gasteiger partial charge in [-0.2, -0.15) is 0 Å². The van der Waals surface area contributed by atoms with Crippen molar-refractivity contribution in [2.75, 3.05) is 20.8 Å². The molecule has 0 aliphatic rings. The van der Waals surface area contributed by atoms with Crippen molar-refractivity contribution in [1.29, 1.82) is 0 Å². The lowest BCUT2D eigenvalue weighted by molar-refractivity contribution is -0.000422. The first kappa shape index (κ1) is 16.1. The Balaban J connectivity index is 2.15. The Labute approximate surface area is 129 Å². The summed E-state index contributed by atoms with van der Waals surface area (Å²) in [6, 6.07) is 14.1. The molecule has 0 unspecified atom stereocenters. The molecule has 2 aromatic carbocycles. The molecule has 0 fully saturated rings. The topological polar surface area (TPSA) is 68.2 Å². The molecule has 0 saturated heterocycles. The maximum Gasteiger partial charge on any atom is 0.161 e. The van der Waals surface area contributed by atoms with E-state index in [9.17, 15) is 10.2 Å². The zero-order chi connectivity index (χ0) is 15.9. The van der Waals surface area contributed by atoms with Gasteiger partial charge in [-0.15, -0.1) is 0 Å². The summed E-state index contributed by atoms with van der Waals surface area (Å²) in [5, 5.41) is 19.9. The highest BCUT2D eigenvalue weighted by Gasteiger charge is 2.23. The lowest BCUT2D eigenvalue weighted by atomic mass is 10.0. The summed E-state index contributed by atoms with van der Waals surface area (Å²) in [7, 11) is 3.11. The van der Waals surface area contributed by atoms with Crippen molar-refractivity contribution in [3.8, 4) is 17.2 Å². The molecule has 0 aromatic heterocycles. The van der Waals surface area contributed by atoms with Crippen LogP contribution in [0.3, 0.4) is 0 Å². The maximum atomic E-state index is 10.4. The van der Waals surface area contributed by atoms with Crippen LogP contribution in [-0.2, 0) is 0 Å². The number of aliphatic hydroxyl groups excluding tert-OH is 2. The Morgan fingerprint density at radius 1 is 0.909 bits per heavy atom. The highest BCUT2D eigenvalue weighted by Crippen LogP contribution is 2.30. The molecule has 0 saturated carbocycles. The van der Waals surface area contributed by atoms with Crippen molar-refractivity contribution < 1.29 is 24.4 Å². The lowest BCUT2D eigenvalue weighted by Crippen LogP contribution is -2.29. The van der Waals surface area contributed by atoms with Crippen molar-refractivity contribution >= 4 is 0 Å². The zero-order valence-corrected chi connectivity index (χ0v) is 12.6. The summed E-state index contributed by atoms with van der Waals surface area (Å²) in [6.07, 6.45) is -1.77. The van der Waals surface area contributed by atoms with Gasteiger partial charge in [-0.25, -0.2) is 0 Å². The minimum absolute atomic E-state index is 0.328. The van der Waals surface area contributed by atoms with Crippen LogP contribution in [0.15, 0.2) is 48.5 Å². The van der Waals surface area contributed by atoms with Crippen molar-refractivity contribution in [2.24, 2.45) is 0 Å². The van der Waals surface area contributed by atoms with Crippen molar-refractivity contribution in [2.45, 2.75) is 12.2 Å². The first-order chi connectivity index (χ1) is 10.7. The van der Waals surface area contributed by atoms with Gasteiger partial charge in [0, 0.05) is 0 Å². The largest absolute Gasteiger partial charge is 0.497 e. The van der Waals surface area contributed by atoms with E-state index in [1.165, 1.54) is 7.11 Å². The molecule has 0 radical (unpaired) electrons. The third-order valence-corrected chi connectivity index (χ3v) is 3.34. The van der Waals surface area contributed by atoms with Crippen LogP contribution in [0.5, 0.6) is 17.2 Å². The number of aliphatic hydroxyl groups is 2. The summed E-state index contributed by atoms with van der Waals surface area (Å²) in [5.74, 6) is 1.71. The molecule has 0 spiro atoms. The molecule has 0 bridgehead atoms. The van der Waals surface area contributed by atoms with Crippen LogP contribution < -0.4 is 14.2 Å². The minimum atomic E-state index is -0.971. The molecule has 2 N–H and O–H groups in total. The molecule has 22 heavy (non-hydrogen) atoms. The van der Waals surface area contributed by atoms with Crippen molar-refractivity contribution in [3.63, 3.8) is 0 Å². The predicted molar refractivity (Wildman–Crippen MR) is 82.4 cm³/mol. The monoisotopic (exact) mass is 304 g/mol. The SMILES string of the molecule is COc1ccc([C@@H](O)[C@@H](CO)Oc2ccccc2OC)cc1. The molecular formula is C17H20O5. The number of hydrogen-bond acceptors (Lipinski definition) is 5. The van der Waals surface area contributed by atoms with Crippen LogP contribution >= 0.6 is 0 Å². The molecule has 5 heteroatoms. The number of ether oxygens (including phenoxy) is 3. The van der Waals surface area contributed by atoms with E-state index < -0.39 is 12.2 Å². The molecular weight excluding hydrogens is 284 g/mol. The highest BCUT2D eigenvalue weighted by atomic mass is 16.5. The van der Waals surface area contributed by atoms with Gasteiger partial charge in [0.25, 0.3) is 0 Å². The van der Waals surface area contributed by atoms with Gasteiger partial charge in [0.1, 0.15) is 11.9 Å². The quantitative estimate of drug-likeness (QED) is 0.820. The zero-order valence-electron chi connectivity index (χ0n) is 12.6. The van der Waals surface area contributed by atoms with Gasteiger partial charge in [-0.3, -0.25) is 0 Å². The van der Waals surface area contributed by atoms with Gasteiger partial charge in [0.15, 0.2) is 17.6 Å². The van der Waals surface area contributed by atoms with Crippen molar-refractivity contribution in [3.05, 3.63) is 54.1 Å². The number of rotatable bonds is 7. The Kier molecular flexibility index (Phi) is 5.63. The summed E-state index contributed by atoms with van der Waals surface area (Å²) in [5.41, 5.74) is 0.634. The third kappa shape index (κ3) is 3.69. The predicted octanol–water partition coefficient (Wildman–Crippen LogP) is 2.18. The van der Waals surface area contributed by atoms with Crippen LogP contribution in [0, 0.1) is 0 Å². The lowest BCUT2D eigenvalue weighted by Gasteiger charge is -2.23. The second kappa shape index (κ2) is 7.68. The fraction of sp³-hybridized carbons (Fsp3) is 0.294. The van der Waals surface area contributed by atoms with Crippen LogP contribution in [-0.4, -0.2) is 37.1 Å². The summed E-state index contributed by atoms with van der Waals surface area (Å²) < 4.78 is 16.0. The van der Waals surface area contributed by atoms with Crippen LogP contribution in [0.4, 0.5) is 0 Å². The molecule has 2 aromatic rings. The van der Waals surface area contributed by atoms with E-state index in [1.54, 1.807) is 49.6 Å². The first-order valence-electron chi connectivity index (χ1n) is 6.92. The van der Waals surface area contributed by atoms with Crippen molar-refractivity contribution in [1.82, 2.24) is 0 Å². The molecule has 118 valence electrons. The molecule has 2 rings (SSSR count). The van der Waals surface area contributed by atoms with Gasteiger partial charge in [0.05, 0.1) is 20.8 Å². The second-order valence-electron chi connectivity index (χ2n) is 4.71. The Bertz CT molecular complexity index is 582. The second-order valence-corrected chi connectivity index (χ2v) is 4.71. The van der Waals surface area contributed by atoms with E-state index in [-0.39, 0.29) is 6.61 Å². The van der Waals surface area contributed by atoms with Gasteiger partial charge in [0.2, 0.25) is 0 Å². The summed E-state index contributed by atoms with van der Waals surface area (Å²) in [4.78, 5) is 0.